The smallest absolute Gasteiger partial charge is 0.161 e. The molecular formula is C26H33NO3. The minimum Gasteiger partial charge on any atom is -0.493 e. The molecule has 1 aliphatic carbocycles. The zero-order valence-electron chi connectivity index (χ0n) is 18.1. The van der Waals surface area contributed by atoms with Crippen LogP contribution < -0.4 is 9.47 Å². The first kappa shape index (κ1) is 21.0. The lowest BCUT2D eigenvalue weighted by atomic mass is 9.66. The van der Waals surface area contributed by atoms with Gasteiger partial charge >= 0.3 is 0 Å². The number of ether oxygens (including phenoxy) is 2. The SMILES string of the molecule is COc1ccc([C@@H]2[C@@H]3CCCC[C@@]3(O)CCN2C/C=C/c2ccccc2)cc1OC. The van der Waals surface area contributed by atoms with E-state index in [1.165, 1.54) is 17.5 Å². The Morgan fingerprint density at radius 2 is 1.83 bits per heavy atom. The molecule has 2 aromatic rings. The van der Waals surface area contributed by atoms with Crippen molar-refractivity contribution in [3.05, 3.63) is 65.7 Å². The van der Waals surface area contributed by atoms with Crippen molar-refractivity contribution in [3.8, 4) is 11.5 Å². The number of fused-ring (bicyclic) bond motifs is 1. The van der Waals surface area contributed by atoms with Crippen LogP contribution in [0.15, 0.2) is 54.6 Å². The molecule has 0 radical (unpaired) electrons. The molecular weight excluding hydrogens is 374 g/mol. The van der Waals surface area contributed by atoms with E-state index in [2.05, 4.69) is 53.5 Å². The van der Waals surface area contributed by atoms with Crippen molar-refractivity contribution in [2.24, 2.45) is 5.92 Å². The van der Waals surface area contributed by atoms with Crippen LogP contribution in [0.25, 0.3) is 6.08 Å². The van der Waals surface area contributed by atoms with Crippen LogP contribution in [0.4, 0.5) is 0 Å². The van der Waals surface area contributed by atoms with Gasteiger partial charge in [0.2, 0.25) is 0 Å². The van der Waals surface area contributed by atoms with Crippen LogP contribution in [0.5, 0.6) is 11.5 Å². The number of aliphatic hydroxyl groups is 1. The fraction of sp³-hybridized carbons (Fsp3) is 0.462. The van der Waals surface area contributed by atoms with Crippen molar-refractivity contribution in [2.45, 2.75) is 43.7 Å². The maximum absolute atomic E-state index is 11.5. The first-order chi connectivity index (χ1) is 14.6. The molecule has 0 amide bonds. The molecule has 30 heavy (non-hydrogen) atoms. The predicted molar refractivity (Wildman–Crippen MR) is 121 cm³/mol. The third-order valence-corrected chi connectivity index (χ3v) is 6.87. The largest absolute Gasteiger partial charge is 0.493 e. The van der Waals surface area contributed by atoms with Crippen LogP contribution in [-0.2, 0) is 0 Å². The Balaban J connectivity index is 1.64. The van der Waals surface area contributed by atoms with Crippen molar-refractivity contribution in [3.63, 3.8) is 0 Å². The summed E-state index contributed by atoms with van der Waals surface area (Å²) in [7, 11) is 3.35. The first-order valence-corrected chi connectivity index (χ1v) is 11.0. The van der Waals surface area contributed by atoms with Gasteiger partial charge in [0.15, 0.2) is 11.5 Å². The summed E-state index contributed by atoms with van der Waals surface area (Å²) in [5.41, 5.74) is 1.85. The van der Waals surface area contributed by atoms with E-state index < -0.39 is 5.60 Å². The summed E-state index contributed by atoms with van der Waals surface area (Å²) in [4.78, 5) is 2.52. The van der Waals surface area contributed by atoms with Gasteiger partial charge in [-0.1, -0.05) is 61.4 Å². The molecule has 0 aromatic heterocycles. The Labute approximate surface area is 180 Å². The quantitative estimate of drug-likeness (QED) is 0.725. The number of benzene rings is 2. The summed E-state index contributed by atoms with van der Waals surface area (Å²) in [6.07, 6.45) is 9.57. The highest BCUT2D eigenvalue weighted by Gasteiger charge is 2.48. The monoisotopic (exact) mass is 407 g/mol. The normalized spacial score (nSPS) is 27.0. The lowest BCUT2D eigenvalue weighted by molar-refractivity contribution is -0.122. The van der Waals surface area contributed by atoms with Crippen LogP contribution in [-0.4, -0.2) is 42.9 Å². The Hall–Kier alpha value is -2.30. The van der Waals surface area contributed by atoms with Gasteiger partial charge in [0.05, 0.1) is 19.8 Å². The third-order valence-electron chi connectivity index (χ3n) is 6.87. The van der Waals surface area contributed by atoms with E-state index in [9.17, 15) is 5.11 Å². The van der Waals surface area contributed by atoms with Gasteiger partial charge in [0, 0.05) is 25.0 Å². The van der Waals surface area contributed by atoms with Gasteiger partial charge in [-0.3, -0.25) is 4.90 Å². The zero-order chi connectivity index (χ0) is 21.0. The van der Waals surface area contributed by atoms with E-state index in [-0.39, 0.29) is 12.0 Å². The molecule has 0 bridgehead atoms. The van der Waals surface area contributed by atoms with Crippen LogP contribution in [0.3, 0.4) is 0 Å². The van der Waals surface area contributed by atoms with Crippen LogP contribution in [0.2, 0.25) is 0 Å². The van der Waals surface area contributed by atoms with Crippen molar-refractivity contribution >= 4 is 6.08 Å². The van der Waals surface area contributed by atoms with Crippen molar-refractivity contribution in [1.29, 1.82) is 0 Å². The highest BCUT2D eigenvalue weighted by Crippen LogP contribution is 2.50. The second kappa shape index (κ2) is 9.23. The molecule has 4 heteroatoms. The van der Waals surface area contributed by atoms with Gasteiger partial charge in [0.25, 0.3) is 0 Å². The lowest BCUT2D eigenvalue weighted by Crippen LogP contribution is -2.54. The molecule has 1 saturated heterocycles. The third kappa shape index (κ3) is 4.26. The average molecular weight is 408 g/mol. The van der Waals surface area contributed by atoms with Gasteiger partial charge < -0.3 is 14.6 Å². The maximum Gasteiger partial charge on any atom is 0.161 e. The number of piperidine rings is 1. The number of hydrogen-bond acceptors (Lipinski definition) is 4. The van der Waals surface area contributed by atoms with Gasteiger partial charge in [-0.2, -0.15) is 0 Å². The topological polar surface area (TPSA) is 41.9 Å². The highest BCUT2D eigenvalue weighted by molar-refractivity contribution is 5.49. The Morgan fingerprint density at radius 3 is 2.60 bits per heavy atom. The number of nitrogens with zero attached hydrogens (tertiary/aromatic N) is 1. The van der Waals surface area contributed by atoms with E-state index in [4.69, 9.17) is 9.47 Å². The number of rotatable bonds is 6. The Bertz CT molecular complexity index is 866. The molecule has 2 fully saturated rings. The lowest BCUT2D eigenvalue weighted by Gasteiger charge is -2.52. The average Bonchev–Trinajstić information content (AvgIpc) is 2.79. The fourth-order valence-corrected chi connectivity index (χ4v) is 5.32. The first-order valence-electron chi connectivity index (χ1n) is 11.0. The second-order valence-corrected chi connectivity index (χ2v) is 8.57. The molecule has 1 N–H and O–H groups in total. The number of likely N-dealkylation sites (tertiary alicyclic amines) is 1. The Kier molecular flexibility index (Phi) is 6.45. The number of methoxy groups -OCH3 is 2. The van der Waals surface area contributed by atoms with Gasteiger partial charge in [0.1, 0.15) is 0 Å². The molecule has 2 aromatic carbocycles. The van der Waals surface area contributed by atoms with E-state index >= 15 is 0 Å². The van der Waals surface area contributed by atoms with Gasteiger partial charge in [-0.05, 0) is 42.5 Å². The summed E-state index contributed by atoms with van der Waals surface area (Å²) >= 11 is 0. The zero-order valence-corrected chi connectivity index (χ0v) is 18.1. The fourth-order valence-electron chi connectivity index (χ4n) is 5.32. The second-order valence-electron chi connectivity index (χ2n) is 8.57. The molecule has 1 heterocycles. The van der Waals surface area contributed by atoms with Crippen molar-refractivity contribution in [2.75, 3.05) is 27.3 Å². The summed E-state index contributed by atoms with van der Waals surface area (Å²) in [6, 6.07) is 16.8. The van der Waals surface area contributed by atoms with E-state index in [0.717, 1.165) is 50.3 Å². The van der Waals surface area contributed by atoms with Gasteiger partial charge in [-0.25, -0.2) is 0 Å². The van der Waals surface area contributed by atoms with E-state index in [1.54, 1.807) is 14.2 Å². The maximum atomic E-state index is 11.5. The molecule has 4 rings (SSSR count). The summed E-state index contributed by atoms with van der Waals surface area (Å²) in [5, 5.41) is 11.5. The number of hydrogen-bond donors (Lipinski definition) is 1. The molecule has 3 atom stereocenters. The molecule has 2 aliphatic rings. The summed E-state index contributed by atoms with van der Waals surface area (Å²) in [5.74, 6) is 1.73. The predicted octanol–water partition coefficient (Wildman–Crippen LogP) is 5.09. The summed E-state index contributed by atoms with van der Waals surface area (Å²) in [6.45, 7) is 1.76. The molecule has 160 valence electrons. The summed E-state index contributed by atoms with van der Waals surface area (Å²) < 4.78 is 11.0. The molecule has 0 spiro atoms. The minimum atomic E-state index is -0.560. The van der Waals surface area contributed by atoms with E-state index in [0.29, 0.717) is 0 Å². The highest BCUT2D eigenvalue weighted by atomic mass is 16.5. The molecule has 1 aliphatic heterocycles. The van der Waals surface area contributed by atoms with E-state index in [1.807, 2.05) is 12.1 Å². The molecule has 0 unspecified atom stereocenters. The standard InChI is InChI=1S/C26H33NO3/c1-29-23-14-13-21(19-24(23)30-2)25-22-12-6-7-15-26(22,28)16-18-27(25)17-8-11-20-9-4-3-5-10-20/h3-5,8-11,13-14,19,22,25,28H,6-7,12,15-18H2,1-2H3/b11-8+/t22-,25+,26+/m0/s1. The van der Waals surface area contributed by atoms with Crippen LogP contribution in [0.1, 0.15) is 49.3 Å². The van der Waals surface area contributed by atoms with Crippen molar-refractivity contribution in [1.82, 2.24) is 4.90 Å². The van der Waals surface area contributed by atoms with Gasteiger partial charge in [-0.15, -0.1) is 0 Å². The van der Waals surface area contributed by atoms with Crippen LogP contribution >= 0.6 is 0 Å². The van der Waals surface area contributed by atoms with Crippen molar-refractivity contribution < 1.29 is 14.6 Å². The minimum absolute atomic E-state index is 0.171. The van der Waals surface area contributed by atoms with Crippen LogP contribution in [0, 0.1) is 5.92 Å². The molecule has 4 nitrogen and oxygen atoms in total. The Morgan fingerprint density at radius 1 is 1.03 bits per heavy atom. The molecule has 1 saturated carbocycles.